The maximum Gasteiger partial charge on any atom is 0.371 e. The monoisotopic (exact) mass is 355 g/mol. The number of rotatable bonds is 1. The summed E-state index contributed by atoms with van der Waals surface area (Å²) in [5.74, 6) is -5.18. The molecule has 26 heavy (non-hydrogen) atoms. The number of para-hydroxylation sites is 2. The van der Waals surface area contributed by atoms with Crippen LogP contribution in [0.5, 0.6) is 5.75 Å². The zero-order chi connectivity index (χ0) is 18.6. The van der Waals surface area contributed by atoms with Gasteiger partial charge in [0.2, 0.25) is 0 Å². The molecule has 1 saturated heterocycles. The number of anilines is 1. The first kappa shape index (κ1) is 16.0. The van der Waals surface area contributed by atoms with E-state index in [1.807, 2.05) is 0 Å². The number of fused-ring (bicyclic) bond motifs is 3. The molecule has 130 valence electrons. The Kier molecular flexibility index (Phi) is 3.22. The standard InChI is InChI=1S/C18H10FNO6/c19-10-7-5-9(6-8-10)14(21)13-15(22)16(23)20-11-3-1-2-4-12(11)26-17(24)18(13,20)25/h1-8,21,25H/b14-13-. The van der Waals surface area contributed by atoms with Crippen molar-refractivity contribution in [1.29, 1.82) is 0 Å². The average molecular weight is 355 g/mol. The first-order chi connectivity index (χ1) is 12.4. The highest BCUT2D eigenvalue weighted by Gasteiger charge is 2.65. The lowest BCUT2D eigenvalue weighted by Gasteiger charge is -2.36. The maximum absolute atomic E-state index is 13.1. The molecule has 1 unspecified atom stereocenters. The van der Waals surface area contributed by atoms with E-state index in [1.165, 1.54) is 18.2 Å². The molecule has 7 nitrogen and oxygen atoms in total. The van der Waals surface area contributed by atoms with E-state index in [2.05, 4.69) is 0 Å². The van der Waals surface area contributed by atoms with Crippen LogP contribution in [0.4, 0.5) is 10.1 Å². The molecule has 1 amide bonds. The molecule has 0 radical (unpaired) electrons. The molecule has 4 rings (SSSR count). The second-order valence-electron chi connectivity index (χ2n) is 5.73. The number of benzene rings is 2. The van der Waals surface area contributed by atoms with Crippen LogP contribution in [0, 0.1) is 5.82 Å². The molecular formula is C18H10FNO6. The predicted molar refractivity (Wildman–Crippen MR) is 85.5 cm³/mol. The van der Waals surface area contributed by atoms with Crippen LogP contribution in [0.15, 0.2) is 54.1 Å². The third kappa shape index (κ3) is 1.93. The van der Waals surface area contributed by atoms with Crippen LogP contribution in [0.1, 0.15) is 5.56 Å². The molecule has 0 aromatic heterocycles. The topological polar surface area (TPSA) is 104 Å². The molecular weight excluding hydrogens is 345 g/mol. The molecule has 8 heteroatoms. The number of aliphatic hydroxyl groups is 2. The fraction of sp³-hybridized carbons (Fsp3) is 0.0556. The van der Waals surface area contributed by atoms with E-state index in [0.29, 0.717) is 4.90 Å². The summed E-state index contributed by atoms with van der Waals surface area (Å²) in [5.41, 5.74) is -3.70. The van der Waals surface area contributed by atoms with Gasteiger partial charge < -0.3 is 14.9 Å². The number of Topliss-reactive ketones (excluding diaryl/α,β-unsaturated/α-hetero) is 1. The van der Waals surface area contributed by atoms with Gasteiger partial charge in [0, 0.05) is 5.56 Å². The summed E-state index contributed by atoms with van der Waals surface area (Å²) in [6.45, 7) is 0. The Bertz CT molecular complexity index is 1010. The Hall–Kier alpha value is -3.52. The number of carbonyl (C=O) groups is 3. The highest BCUT2D eigenvalue weighted by atomic mass is 19.1. The van der Waals surface area contributed by atoms with E-state index in [9.17, 15) is 29.0 Å². The van der Waals surface area contributed by atoms with E-state index >= 15 is 0 Å². The van der Waals surface area contributed by atoms with Crippen molar-refractivity contribution < 1.29 is 33.7 Å². The summed E-state index contributed by atoms with van der Waals surface area (Å²) in [7, 11) is 0. The average Bonchev–Trinajstić information content (AvgIpc) is 2.83. The van der Waals surface area contributed by atoms with Gasteiger partial charge in [-0.05, 0) is 36.4 Å². The van der Waals surface area contributed by atoms with Gasteiger partial charge in [0.05, 0.1) is 5.69 Å². The molecule has 0 bridgehead atoms. The fourth-order valence-corrected chi connectivity index (χ4v) is 3.03. The van der Waals surface area contributed by atoms with Crippen LogP contribution >= 0.6 is 0 Å². The van der Waals surface area contributed by atoms with Gasteiger partial charge in [0.15, 0.2) is 5.75 Å². The highest BCUT2D eigenvalue weighted by Crippen LogP contribution is 2.46. The molecule has 0 saturated carbocycles. The van der Waals surface area contributed by atoms with E-state index in [-0.39, 0.29) is 17.0 Å². The molecule has 2 heterocycles. The van der Waals surface area contributed by atoms with Crippen molar-refractivity contribution >= 4 is 29.1 Å². The van der Waals surface area contributed by atoms with Gasteiger partial charge in [0.25, 0.3) is 11.5 Å². The number of ketones is 1. The van der Waals surface area contributed by atoms with Crippen LogP contribution < -0.4 is 9.64 Å². The van der Waals surface area contributed by atoms with Crippen molar-refractivity contribution in [3.63, 3.8) is 0 Å². The number of ether oxygens (including phenoxy) is 1. The second kappa shape index (κ2) is 5.24. The van der Waals surface area contributed by atoms with Gasteiger partial charge in [-0.2, -0.15) is 0 Å². The van der Waals surface area contributed by atoms with Crippen LogP contribution in [-0.4, -0.2) is 33.6 Å². The summed E-state index contributed by atoms with van der Waals surface area (Å²) in [6.07, 6.45) is 0. The number of carbonyl (C=O) groups excluding carboxylic acids is 3. The summed E-state index contributed by atoms with van der Waals surface area (Å²) >= 11 is 0. The number of nitrogens with zero attached hydrogens (tertiary/aromatic N) is 1. The molecule has 2 N–H and O–H groups in total. The van der Waals surface area contributed by atoms with Gasteiger partial charge in [-0.15, -0.1) is 0 Å². The highest BCUT2D eigenvalue weighted by molar-refractivity contribution is 6.54. The number of esters is 1. The minimum Gasteiger partial charge on any atom is -0.507 e. The third-order valence-corrected chi connectivity index (χ3v) is 4.24. The number of amides is 1. The summed E-state index contributed by atoms with van der Waals surface area (Å²) in [5, 5.41) is 21.4. The van der Waals surface area contributed by atoms with Crippen molar-refractivity contribution in [2.75, 3.05) is 4.90 Å². The second-order valence-corrected chi connectivity index (χ2v) is 5.73. The minimum absolute atomic E-state index is 0.00848. The van der Waals surface area contributed by atoms with Gasteiger partial charge >= 0.3 is 11.9 Å². The summed E-state index contributed by atoms with van der Waals surface area (Å²) < 4.78 is 18.1. The Morgan fingerprint density at radius 3 is 2.38 bits per heavy atom. The van der Waals surface area contributed by atoms with Gasteiger partial charge in [-0.3, -0.25) is 14.5 Å². The van der Waals surface area contributed by atoms with Gasteiger partial charge in [0.1, 0.15) is 17.1 Å². The van der Waals surface area contributed by atoms with Crippen molar-refractivity contribution in [2.45, 2.75) is 5.72 Å². The lowest BCUT2D eigenvalue weighted by molar-refractivity contribution is -0.153. The van der Waals surface area contributed by atoms with Crippen molar-refractivity contribution in [3.05, 3.63) is 65.5 Å². The largest absolute Gasteiger partial charge is 0.507 e. The quantitative estimate of drug-likeness (QED) is 0.263. The molecule has 2 aliphatic heterocycles. The Morgan fingerprint density at radius 1 is 1.04 bits per heavy atom. The lowest BCUT2D eigenvalue weighted by Crippen LogP contribution is -2.57. The number of aliphatic hydroxyl groups excluding tert-OH is 1. The molecule has 0 aliphatic carbocycles. The number of hydrogen-bond donors (Lipinski definition) is 2. The van der Waals surface area contributed by atoms with E-state index in [1.54, 1.807) is 6.07 Å². The molecule has 1 fully saturated rings. The Balaban J connectivity index is 1.97. The Morgan fingerprint density at radius 2 is 1.69 bits per heavy atom. The van der Waals surface area contributed by atoms with Crippen LogP contribution in [0.25, 0.3) is 5.76 Å². The SMILES string of the molecule is O=C1C(=O)N2c3ccccc3OC(=O)C2(O)/C1=C(\O)c1ccc(F)cc1. The van der Waals surface area contributed by atoms with Crippen molar-refractivity contribution in [3.8, 4) is 5.75 Å². The fourth-order valence-electron chi connectivity index (χ4n) is 3.03. The molecule has 0 spiro atoms. The normalized spacial score (nSPS) is 23.5. The molecule has 1 atom stereocenters. The zero-order valence-electron chi connectivity index (χ0n) is 13.0. The van der Waals surface area contributed by atoms with Gasteiger partial charge in [-0.1, -0.05) is 12.1 Å². The maximum atomic E-state index is 13.1. The molecule has 2 aliphatic rings. The molecule has 2 aromatic rings. The molecule has 2 aromatic carbocycles. The first-order valence-electron chi connectivity index (χ1n) is 7.48. The first-order valence-corrected chi connectivity index (χ1v) is 7.48. The Labute approximate surface area is 145 Å². The van der Waals surface area contributed by atoms with E-state index < -0.39 is 40.5 Å². The van der Waals surface area contributed by atoms with Crippen LogP contribution in [0.3, 0.4) is 0 Å². The summed E-state index contributed by atoms with van der Waals surface area (Å²) in [6, 6.07) is 10.2. The van der Waals surface area contributed by atoms with Crippen molar-refractivity contribution in [1.82, 2.24) is 0 Å². The van der Waals surface area contributed by atoms with Gasteiger partial charge in [-0.25, -0.2) is 9.18 Å². The van der Waals surface area contributed by atoms with Crippen LogP contribution in [-0.2, 0) is 14.4 Å². The minimum atomic E-state index is -2.82. The lowest BCUT2D eigenvalue weighted by atomic mass is 9.97. The summed E-state index contributed by atoms with van der Waals surface area (Å²) in [4.78, 5) is 37.9. The zero-order valence-corrected chi connectivity index (χ0v) is 13.0. The number of halogens is 1. The van der Waals surface area contributed by atoms with Crippen LogP contribution in [0.2, 0.25) is 0 Å². The van der Waals surface area contributed by atoms with E-state index in [4.69, 9.17) is 4.74 Å². The van der Waals surface area contributed by atoms with Crippen molar-refractivity contribution in [2.24, 2.45) is 0 Å². The third-order valence-electron chi connectivity index (χ3n) is 4.24. The number of hydrogen-bond acceptors (Lipinski definition) is 6. The smallest absolute Gasteiger partial charge is 0.371 e. The van der Waals surface area contributed by atoms with E-state index in [0.717, 1.165) is 24.3 Å². The predicted octanol–water partition coefficient (Wildman–Crippen LogP) is 1.32.